The van der Waals surface area contributed by atoms with Gasteiger partial charge in [-0.15, -0.1) is 5.10 Å². The van der Waals surface area contributed by atoms with Crippen LogP contribution in [0.3, 0.4) is 0 Å². The van der Waals surface area contributed by atoms with E-state index in [1.165, 1.54) is 4.68 Å². The lowest BCUT2D eigenvalue weighted by molar-refractivity contribution is 0.0839. The molecule has 116 valence electrons. The minimum atomic E-state index is -0.367. The van der Waals surface area contributed by atoms with Gasteiger partial charge < -0.3 is 10.5 Å². The zero-order chi connectivity index (χ0) is 16.0. The molecule has 0 radical (unpaired) electrons. The fraction of sp³-hybridized carbons (Fsp3) is 0.188. The Morgan fingerprint density at radius 1 is 1.39 bits per heavy atom. The van der Waals surface area contributed by atoms with Crippen molar-refractivity contribution in [2.45, 2.75) is 12.3 Å². The molecule has 1 atom stereocenters. The molecule has 1 aliphatic heterocycles. The van der Waals surface area contributed by atoms with Crippen molar-refractivity contribution < 1.29 is 9.53 Å². The largest absolute Gasteiger partial charge is 0.493 e. The van der Waals surface area contributed by atoms with Gasteiger partial charge in [-0.25, -0.2) is 0 Å². The molecular formula is C16H13ClN4O2. The summed E-state index contributed by atoms with van der Waals surface area (Å²) in [5.41, 5.74) is 7.33. The Morgan fingerprint density at radius 3 is 3.13 bits per heavy atom. The maximum atomic E-state index is 13.0. The zero-order valence-electron chi connectivity index (χ0n) is 12.1. The Balaban J connectivity index is 1.83. The molecule has 0 saturated carbocycles. The number of aromatic nitrogens is 3. The van der Waals surface area contributed by atoms with Crippen LogP contribution in [0.25, 0.3) is 10.9 Å². The van der Waals surface area contributed by atoms with E-state index < -0.39 is 0 Å². The molecule has 23 heavy (non-hydrogen) atoms. The van der Waals surface area contributed by atoms with E-state index in [-0.39, 0.29) is 11.8 Å². The summed E-state index contributed by atoms with van der Waals surface area (Å²) in [6.07, 6.45) is 3.79. The standard InChI is InChI=1S/C16H13ClN4O2/c17-9-1-2-14-11(7-9)10(4-6-23-14)16(22)21-13-3-5-19-8-12(13)15(18)20-21/h1-3,5,7-8,10H,4,6H2,(H2,18,20). The Kier molecular flexibility index (Phi) is 3.20. The van der Waals surface area contributed by atoms with Crippen molar-refractivity contribution in [3.8, 4) is 5.75 Å². The molecule has 1 aliphatic rings. The molecule has 1 aromatic carbocycles. The highest BCUT2D eigenvalue weighted by molar-refractivity contribution is 6.30. The van der Waals surface area contributed by atoms with Crippen molar-refractivity contribution in [2.75, 3.05) is 12.3 Å². The Hall–Kier alpha value is -2.60. The van der Waals surface area contributed by atoms with Crippen LogP contribution < -0.4 is 10.5 Å². The lowest BCUT2D eigenvalue weighted by Crippen LogP contribution is -2.26. The minimum absolute atomic E-state index is 0.148. The maximum Gasteiger partial charge on any atom is 0.255 e. The predicted octanol–water partition coefficient (Wildman–Crippen LogP) is 2.87. The summed E-state index contributed by atoms with van der Waals surface area (Å²) in [5.74, 6) is 0.461. The summed E-state index contributed by atoms with van der Waals surface area (Å²) in [6, 6.07) is 7.04. The van der Waals surface area contributed by atoms with Gasteiger partial charge >= 0.3 is 0 Å². The smallest absolute Gasteiger partial charge is 0.255 e. The van der Waals surface area contributed by atoms with Crippen molar-refractivity contribution in [1.29, 1.82) is 0 Å². The summed E-state index contributed by atoms with van der Waals surface area (Å²) < 4.78 is 6.97. The average Bonchev–Trinajstić information content (AvgIpc) is 2.91. The second-order valence-electron chi connectivity index (χ2n) is 5.40. The van der Waals surface area contributed by atoms with Crippen molar-refractivity contribution in [2.24, 2.45) is 0 Å². The molecule has 0 bridgehead atoms. The number of hydrogen-bond donors (Lipinski definition) is 1. The topological polar surface area (TPSA) is 83.0 Å². The van der Waals surface area contributed by atoms with Crippen LogP contribution in [0, 0.1) is 0 Å². The molecular weight excluding hydrogens is 316 g/mol. The second kappa shape index (κ2) is 5.24. The highest BCUT2D eigenvalue weighted by Crippen LogP contribution is 2.37. The zero-order valence-corrected chi connectivity index (χ0v) is 12.8. The molecule has 7 heteroatoms. The van der Waals surface area contributed by atoms with Crippen LogP contribution in [0.5, 0.6) is 5.75 Å². The summed E-state index contributed by atoms with van der Waals surface area (Å²) in [6.45, 7) is 0.473. The van der Waals surface area contributed by atoms with E-state index >= 15 is 0 Å². The van der Waals surface area contributed by atoms with Crippen LogP contribution in [-0.2, 0) is 0 Å². The number of pyridine rings is 1. The molecule has 6 nitrogen and oxygen atoms in total. The first-order valence-corrected chi connectivity index (χ1v) is 7.57. The first kappa shape index (κ1) is 14.0. The molecule has 0 amide bonds. The van der Waals surface area contributed by atoms with Gasteiger partial charge in [0, 0.05) is 23.0 Å². The number of anilines is 1. The fourth-order valence-corrected chi connectivity index (χ4v) is 3.10. The number of nitrogens with zero attached hydrogens (tertiary/aromatic N) is 3. The van der Waals surface area contributed by atoms with E-state index in [4.69, 9.17) is 22.1 Å². The molecule has 2 N–H and O–H groups in total. The molecule has 3 heterocycles. The number of nitrogen functional groups attached to an aromatic ring is 1. The minimum Gasteiger partial charge on any atom is -0.493 e. The van der Waals surface area contributed by atoms with Gasteiger partial charge in [0.05, 0.1) is 23.4 Å². The van der Waals surface area contributed by atoms with E-state index in [1.54, 1.807) is 36.7 Å². The number of nitrogens with two attached hydrogens (primary N) is 1. The highest BCUT2D eigenvalue weighted by atomic mass is 35.5. The van der Waals surface area contributed by atoms with Crippen LogP contribution in [0.1, 0.15) is 22.7 Å². The third kappa shape index (κ3) is 2.22. The van der Waals surface area contributed by atoms with Crippen molar-refractivity contribution >= 4 is 34.2 Å². The predicted molar refractivity (Wildman–Crippen MR) is 86.9 cm³/mol. The van der Waals surface area contributed by atoms with Gasteiger partial charge in [0.25, 0.3) is 5.91 Å². The molecule has 3 aromatic rings. The molecule has 0 saturated heterocycles. The van der Waals surface area contributed by atoms with Gasteiger partial charge in [0.15, 0.2) is 5.82 Å². The van der Waals surface area contributed by atoms with Gasteiger partial charge in [0.1, 0.15) is 5.75 Å². The second-order valence-corrected chi connectivity index (χ2v) is 5.84. The average molecular weight is 329 g/mol. The van der Waals surface area contributed by atoms with Gasteiger partial charge in [-0.2, -0.15) is 4.68 Å². The number of halogens is 1. The van der Waals surface area contributed by atoms with Crippen LogP contribution in [-0.4, -0.2) is 27.3 Å². The Bertz CT molecular complexity index is 922. The molecule has 4 rings (SSSR count). The number of hydrogen-bond acceptors (Lipinski definition) is 5. The van der Waals surface area contributed by atoms with Gasteiger partial charge in [-0.1, -0.05) is 11.6 Å². The summed E-state index contributed by atoms with van der Waals surface area (Å²) in [5, 5.41) is 5.43. The van der Waals surface area contributed by atoms with Crippen LogP contribution in [0.2, 0.25) is 5.02 Å². The Labute approximate surface area is 136 Å². The van der Waals surface area contributed by atoms with Crippen molar-refractivity contribution in [3.63, 3.8) is 0 Å². The summed E-state index contributed by atoms with van der Waals surface area (Å²) in [7, 11) is 0. The SMILES string of the molecule is Nc1nn(C(=O)C2CCOc3ccc(Cl)cc32)c2ccncc12. The monoisotopic (exact) mass is 328 g/mol. The highest BCUT2D eigenvalue weighted by Gasteiger charge is 2.30. The number of benzene rings is 1. The van der Waals surface area contributed by atoms with Crippen LogP contribution in [0.4, 0.5) is 5.82 Å². The number of carbonyl (C=O) groups excluding carboxylic acids is 1. The molecule has 0 aliphatic carbocycles. The van der Waals surface area contributed by atoms with E-state index in [9.17, 15) is 4.79 Å². The maximum absolute atomic E-state index is 13.0. The lowest BCUT2D eigenvalue weighted by Gasteiger charge is -2.25. The number of rotatable bonds is 1. The van der Waals surface area contributed by atoms with Gasteiger partial charge in [0.2, 0.25) is 0 Å². The number of ether oxygens (including phenoxy) is 1. The molecule has 0 spiro atoms. The van der Waals surface area contributed by atoms with Crippen molar-refractivity contribution in [1.82, 2.24) is 14.8 Å². The molecule has 1 unspecified atom stereocenters. The van der Waals surface area contributed by atoms with Crippen molar-refractivity contribution in [3.05, 3.63) is 47.2 Å². The molecule has 2 aromatic heterocycles. The summed E-state index contributed by atoms with van der Waals surface area (Å²) in [4.78, 5) is 17.1. The third-order valence-electron chi connectivity index (χ3n) is 4.03. The number of fused-ring (bicyclic) bond motifs is 2. The summed E-state index contributed by atoms with van der Waals surface area (Å²) >= 11 is 6.07. The quantitative estimate of drug-likeness (QED) is 0.742. The number of carbonyl (C=O) groups is 1. The third-order valence-corrected chi connectivity index (χ3v) is 4.26. The lowest BCUT2D eigenvalue weighted by atomic mass is 9.92. The molecule has 0 fully saturated rings. The first-order chi connectivity index (χ1) is 11.1. The van der Waals surface area contributed by atoms with E-state index in [0.29, 0.717) is 40.5 Å². The van der Waals surface area contributed by atoms with E-state index in [0.717, 1.165) is 5.56 Å². The van der Waals surface area contributed by atoms with Crippen LogP contribution >= 0.6 is 11.6 Å². The Morgan fingerprint density at radius 2 is 2.26 bits per heavy atom. The van der Waals surface area contributed by atoms with Crippen LogP contribution in [0.15, 0.2) is 36.7 Å². The van der Waals surface area contributed by atoms with E-state index in [2.05, 4.69) is 10.1 Å². The first-order valence-electron chi connectivity index (χ1n) is 7.20. The normalized spacial score (nSPS) is 16.8. The van der Waals surface area contributed by atoms with Gasteiger partial charge in [-0.3, -0.25) is 9.78 Å². The van der Waals surface area contributed by atoms with Gasteiger partial charge in [-0.05, 0) is 30.7 Å². The van der Waals surface area contributed by atoms with E-state index in [1.807, 2.05) is 0 Å². The fourth-order valence-electron chi connectivity index (χ4n) is 2.92.